The third-order valence-electron chi connectivity index (χ3n) is 3.75. The second-order valence-electron chi connectivity index (χ2n) is 5.07. The number of hydrogen-bond acceptors (Lipinski definition) is 4. The molecule has 0 aromatic heterocycles. The molecule has 1 aromatic carbocycles. The molecule has 2 unspecified atom stereocenters. The van der Waals surface area contributed by atoms with Crippen LogP contribution in [0.2, 0.25) is 0 Å². The molecule has 2 atom stereocenters. The molecule has 2 N–H and O–H groups in total. The second-order valence-corrected chi connectivity index (χ2v) is 5.51. The van der Waals surface area contributed by atoms with Crippen LogP contribution in [0.15, 0.2) is 18.2 Å². The van der Waals surface area contributed by atoms with Crippen molar-refractivity contribution in [3.8, 4) is 0 Å². The van der Waals surface area contributed by atoms with Crippen LogP contribution in [-0.4, -0.2) is 29.0 Å². The van der Waals surface area contributed by atoms with Crippen LogP contribution in [0, 0.1) is 6.92 Å². The maximum atomic E-state index is 12.3. The van der Waals surface area contributed by atoms with E-state index in [2.05, 4.69) is 0 Å². The summed E-state index contributed by atoms with van der Waals surface area (Å²) >= 11 is 4.95. The van der Waals surface area contributed by atoms with E-state index in [4.69, 9.17) is 22.7 Å². The highest BCUT2D eigenvalue weighted by Gasteiger charge is 2.47. The van der Waals surface area contributed by atoms with Crippen LogP contribution < -0.4 is 10.6 Å². The number of thiocarbonyl (C=S) groups is 1. The first-order valence-corrected chi connectivity index (χ1v) is 6.83. The van der Waals surface area contributed by atoms with Crippen molar-refractivity contribution < 1.29 is 14.3 Å². The average molecular weight is 290 g/mol. The molecule has 20 heavy (non-hydrogen) atoms. The fourth-order valence-corrected chi connectivity index (χ4v) is 2.77. The molecule has 2 fully saturated rings. The number of hydrogen-bond donors (Lipinski definition) is 1. The van der Waals surface area contributed by atoms with E-state index in [9.17, 15) is 9.59 Å². The number of carbonyl (C=O) groups is 2. The van der Waals surface area contributed by atoms with E-state index in [1.807, 2.05) is 13.0 Å². The van der Waals surface area contributed by atoms with Gasteiger partial charge in [-0.3, -0.25) is 9.59 Å². The van der Waals surface area contributed by atoms with Gasteiger partial charge < -0.3 is 10.5 Å². The van der Waals surface area contributed by atoms with E-state index in [-0.39, 0.29) is 16.8 Å². The molecule has 6 heteroatoms. The van der Waals surface area contributed by atoms with E-state index in [1.165, 1.54) is 4.90 Å². The van der Waals surface area contributed by atoms with Crippen LogP contribution in [0.4, 0.5) is 5.69 Å². The minimum absolute atomic E-state index is 0.238. The van der Waals surface area contributed by atoms with Crippen molar-refractivity contribution in [2.24, 2.45) is 5.73 Å². The average Bonchev–Trinajstić information content (AvgIpc) is 2.85. The van der Waals surface area contributed by atoms with Gasteiger partial charge in [-0.2, -0.15) is 0 Å². The second kappa shape index (κ2) is 4.64. The Hall–Kier alpha value is -1.79. The highest BCUT2D eigenvalue weighted by atomic mass is 32.1. The van der Waals surface area contributed by atoms with Gasteiger partial charge in [0, 0.05) is 5.56 Å². The summed E-state index contributed by atoms with van der Waals surface area (Å²) in [6, 6.07) is 5.28. The van der Waals surface area contributed by atoms with Crippen molar-refractivity contribution in [2.75, 3.05) is 4.90 Å². The van der Waals surface area contributed by atoms with Crippen molar-refractivity contribution in [3.05, 3.63) is 29.3 Å². The summed E-state index contributed by atoms with van der Waals surface area (Å²) in [6.45, 7) is 1.84. The number of fused-ring (bicyclic) bond motifs is 2. The van der Waals surface area contributed by atoms with Gasteiger partial charge >= 0.3 is 0 Å². The Morgan fingerprint density at radius 3 is 2.45 bits per heavy atom. The zero-order chi connectivity index (χ0) is 14.4. The number of imide groups is 1. The first-order chi connectivity index (χ1) is 9.49. The van der Waals surface area contributed by atoms with Gasteiger partial charge in [-0.1, -0.05) is 24.4 Å². The lowest BCUT2D eigenvalue weighted by atomic mass is 10.1. The number of nitrogens with zero attached hydrogens (tertiary/aromatic N) is 1. The summed E-state index contributed by atoms with van der Waals surface area (Å²) in [6.07, 6.45) is 0.177. The van der Waals surface area contributed by atoms with Crippen molar-refractivity contribution in [2.45, 2.75) is 32.0 Å². The van der Waals surface area contributed by atoms with Crippen molar-refractivity contribution >= 4 is 34.7 Å². The molecule has 0 saturated carbocycles. The van der Waals surface area contributed by atoms with Gasteiger partial charge in [0.2, 0.25) is 0 Å². The number of rotatable bonds is 2. The summed E-state index contributed by atoms with van der Waals surface area (Å²) in [7, 11) is 0. The number of nitrogens with two attached hydrogens (primary N) is 1. The van der Waals surface area contributed by atoms with Crippen LogP contribution in [0.3, 0.4) is 0 Å². The molecule has 0 radical (unpaired) electrons. The van der Waals surface area contributed by atoms with Gasteiger partial charge in [0.1, 0.15) is 17.2 Å². The Labute approximate surface area is 121 Å². The van der Waals surface area contributed by atoms with Crippen molar-refractivity contribution in [1.29, 1.82) is 0 Å². The Morgan fingerprint density at radius 2 is 1.90 bits per heavy atom. The molecule has 0 spiro atoms. The number of benzene rings is 1. The maximum absolute atomic E-state index is 12.3. The first-order valence-electron chi connectivity index (χ1n) is 6.43. The quantitative estimate of drug-likeness (QED) is 0.651. The normalized spacial score (nSPS) is 25.1. The molecule has 1 aromatic rings. The SMILES string of the molecule is Cc1ccc(C(N)=S)cc1N1C(=O)C2CCC(O2)C1=O. The van der Waals surface area contributed by atoms with Crippen molar-refractivity contribution in [3.63, 3.8) is 0 Å². The number of amides is 2. The van der Waals surface area contributed by atoms with E-state index >= 15 is 0 Å². The summed E-state index contributed by atoms with van der Waals surface area (Å²) in [5.41, 5.74) is 7.63. The largest absolute Gasteiger partial charge is 0.389 e. The first kappa shape index (κ1) is 13.2. The predicted molar refractivity (Wildman–Crippen MR) is 77.5 cm³/mol. The van der Waals surface area contributed by atoms with Gasteiger partial charge in [-0.05, 0) is 31.4 Å². The molecular weight excluding hydrogens is 276 g/mol. The zero-order valence-corrected chi connectivity index (χ0v) is 11.8. The number of aryl methyl sites for hydroxylation is 1. The Bertz CT molecular complexity index is 607. The standard InChI is InChI=1S/C14H14N2O3S/c1-7-2-3-8(12(15)20)6-9(7)16-13(17)10-4-5-11(19-10)14(16)18/h2-3,6,10-11H,4-5H2,1H3,(H2,15,20). The van der Waals surface area contributed by atoms with Crippen LogP contribution in [0.5, 0.6) is 0 Å². The molecule has 3 rings (SSSR count). The molecule has 2 heterocycles. The molecule has 2 saturated heterocycles. The smallest absolute Gasteiger partial charge is 0.262 e. The van der Waals surface area contributed by atoms with Gasteiger partial charge in [0.05, 0.1) is 5.69 Å². The Morgan fingerprint density at radius 1 is 1.30 bits per heavy atom. The number of carbonyl (C=O) groups excluding carboxylic acids is 2. The summed E-state index contributed by atoms with van der Waals surface area (Å²) in [5.74, 6) is -0.598. The molecule has 5 nitrogen and oxygen atoms in total. The molecule has 2 aliphatic heterocycles. The molecule has 2 aliphatic rings. The van der Waals surface area contributed by atoms with E-state index in [1.54, 1.807) is 12.1 Å². The third-order valence-corrected chi connectivity index (χ3v) is 3.98. The fourth-order valence-electron chi connectivity index (χ4n) is 2.64. The van der Waals surface area contributed by atoms with Crippen LogP contribution in [0.25, 0.3) is 0 Å². The predicted octanol–water partition coefficient (Wildman–Crippen LogP) is 1.05. The van der Waals surface area contributed by atoms with Crippen LogP contribution in [-0.2, 0) is 14.3 Å². The monoisotopic (exact) mass is 290 g/mol. The molecule has 104 valence electrons. The minimum atomic E-state index is -0.509. The van der Waals surface area contributed by atoms with E-state index < -0.39 is 12.2 Å². The topological polar surface area (TPSA) is 72.6 Å². The van der Waals surface area contributed by atoms with E-state index in [0.717, 1.165) is 5.56 Å². The molecule has 2 amide bonds. The lowest BCUT2D eigenvalue weighted by Gasteiger charge is -2.31. The maximum Gasteiger partial charge on any atom is 0.262 e. The van der Waals surface area contributed by atoms with Gasteiger partial charge in [-0.15, -0.1) is 0 Å². The lowest BCUT2D eigenvalue weighted by molar-refractivity contribution is -0.146. The lowest BCUT2D eigenvalue weighted by Crippen LogP contribution is -2.52. The number of ether oxygens (including phenoxy) is 1. The third kappa shape index (κ3) is 1.92. The number of anilines is 1. The minimum Gasteiger partial charge on any atom is -0.389 e. The highest BCUT2D eigenvalue weighted by Crippen LogP contribution is 2.33. The fraction of sp³-hybridized carbons (Fsp3) is 0.357. The molecular formula is C14H14N2O3S. The van der Waals surface area contributed by atoms with Gasteiger partial charge in [0.15, 0.2) is 0 Å². The highest BCUT2D eigenvalue weighted by molar-refractivity contribution is 7.80. The zero-order valence-electron chi connectivity index (χ0n) is 11.0. The summed E-state index contributed by atoms with van der Waals surface area (Å²) < 4.78 is 5.40. The van der Waals surface area contributed by atoms with Crippen LogP contribution in [0.1, 0.15) is 24.0 Å². The Kier molecular flexibility index (Phi) is 3.07. The van der Waals surface area contributed by atoms with Gasteiger partial charge in [-0.25, -0.2) is 4.90 Å². The summed E-state index contributed by atoms with van der Waals surface area (Å²) in [4.78, 5) is 26.2. The Balaban J connectivity index is 2.07. The van der Waals surface area contributed by atoms with E-state index in [0.29, 0.717) is 24.1 Å². The van der Waals surface area contributed by atoms with Crippen molar-refractivity contribution in [1.82, 2.24) is 0 Å². The molecule has 2 bridgehead atoms. The summed E-state index contributed by atoms with van der Waals surface area (Å²) in [5, 5.41) is 0. The van der Waals surface area contributed by atoms with Gasteiger partial charge in [0.25, 0.3) is 11.8 Å². The van der Waals surface area contributed by atoms with Crippen LogP contribution >= 0.6 is 12.2 Å². The molecule has 0 aliphatic carbocycles. The number of morpholine rings is 1.